The maximum Gasteiger partial charge on any atom is 0.350 e. The van der Waals surface area contributed by atoms with Crippen LogP contribution in [0.1, 0.15) is 14.5 Å². The van der Waals surface area contributed by atoms with Gasteiger partial charge in [0, 0.05) is 28.4 Å². The Morgan fingerprint density at radius 1 is 1.53 bits per heavy atom. The predicted molar refractivity (Wildman–Crippen MR) is 68.0 cm³/mol. The summed E-state index contributed by atoms with van der Waals surface area (Å²) in [6, 6.07) is 3.75. The fraction of sp³-hybridized carbons (Fsp3) is 0.167. The average Bonchev–Trinajstić information content (AvgIpc) is 2.65. The van der Waals surface area contributed by atoms with Crippen molar-refractivity contribution < 1.29 is 9.53 Å². The number of carbonyl (C=O) groups excluding carboxylic acids is 1. The van der Waals surface area contributed by atoms with Crippen molar-refractivity contribution in [2.75, 3.05) is 12.8 Å². The van der Waals surface area contributed by atoms with Crippen molar-refractivity contribution in [3.8, 4) is 11.1 Å². The van der Waals surface area contributed by atoms with E-state index in [0.29, 0.717) is 10.6 Å². The van der Waals surface area contributed by atoms with Crippen molar-refractivity contribution >= 4 is 23.0 Å². The SMILES string of the molecule is COC(=O)c1sc(C)c(-c2cccnc2)c1N. The standard InChI is InChI=1S/C12H12N2O2S/c1-7-9(8-4-3-5-14-6-8)10(13)11(17-7)12(15)16-2/h3-6H,13H2,1-2H3. The van der Waals surface area contributed by atoms with Crippen LogP contribution >= 0.6 is 11.3 Å². The summed E-state index contributed by atoms with van der Waals surface area (Å²) in [4.78, 5) is 17.0. The number of hydrogen-bond donors (Lipinski definition) is 1. The highest BCUT2D eigenvalue weighted by molar-refractivity contribution is 7.15. The number of hydrogen-bond acceptors (Lipinski definition) is 5. The number of esters is 1. The molecule has 0 aliphatic heterocycles. The lowest BCUT2D eigenvalue weighted by Gasteiger charge is -2.02. The first-order valence-electron chi connectivity index (χ1n) is 5.02. The van der Waals surface area contributed by atoms with Crippen molar-refractivity contribution in [3.63, 3.8) is 0 Å². The van der Waals surface area contributed by atoms with Crippen molar-refractivity contribution in [3.05, 3.63) is 34.3 Å². The number of ether oxygens (including phenoxy) is 1. The molecule has 2 aromatic rings. The van der Waals surface area contributed by atoms with Gasteiger partial charge in [0.15, 0.2) is 0 Å². The molecule has 5 heteroatoms. The molecule has 17 heavy (non-hydrogen) atoms. The van der Waals surface area contributed by atoms with Crippen LogP contribution in [0.15, 0.2) is 24.5 Å². The third kappa shape index (κ3) is 2.01. The zero-order valence-electron chi connectivity index (χ0n) is 9.56. The van der Waals surface area contributed by atoms with E-state index >= 15 is 0 Å². The number of carbonyl (C=O) groups is 1. The first-order chi connectivity index (χ1) is 8.15. The highest BCUT2D eigenvalue weighted by Gasteiger charge is 2.20. The summed E-state index contributed by atoms with van der Waals surface area (Å²) in [5.41, 5.74) is 8.23. The lowest BCUT2D eigenvalue weighted by molar-refractivity contribution is 0.0607. The molecule has 0 aliphatic rings. The first kappa shape index (κ1) is 11.6. The molecule has 0 saturated heterocycles. The van der Waals surface area contributed by atoms with Gasteiger partial charge in [-0.25, -0.2) is 4.79 Å². The number of nitrogen functional groups attached to an aromatic ring is 1. The Labute approximate surface area is 103 Å². The van der Waals surface area contributed by atoms with Gasteiger partial charge in [0.05, 0.1) is 12.8 Å². The number of nitrogens with two attached hydrogens (primary N) is 1. The quantitative estimate of drug-likeness (QED) is 0.829. The van der Waals surface area contributed by atoms with Gasteiger partial charge in [0.1, 0.15) is 4.88 Å². The number of aromatic nitrogens is 1. The molecular formula is C12H12N2O2S. The highest BCUT2D eigenvalue weighted by atomic mass is 32.1. The van der Waals surface area contributed by atoms with Gasteiger partial charge in [-0.2, -0.15) is 0 Å². The lowest BCUT2D eigenvalue weighted by Crippen LogP contribution is -2.02. The van der Waals surface area contributed by atoms with E-state index in [4.69, 9.17) is 10.5 Å². The van der Waals surface area contributed by atoms with Gasteiger partial charge < -0.3 is 10.5 Å². The van der Waals surface area contributed by atoms with Crippen molar-refractivity contribution in [1.29, 1.82) is 0 Å². The number of pyridine rings is 1. The number of aryl methyl sites for hydroxylation is 1. The molecule has 0 saturated carbocycles. The zero-order chi connectivity index (χ0) is 12.4. The molecule has 2 rings (SSSR count). The summed E-state index contributed by atoms with van der Waals surface area (Å²) in [6.07, 6.45) is 3.43. The summed E-state index contributed by atoms with van der Waals surface area (Å²) in [5, 5.41) is 0. The summed E-state index contributed by atoms with van der Waals surface area (Å²) in [6.45, 7) is 1.93. The van der Waals surface area contributed by atoms with E-state index in [9.17, 15) is 4.79 Å². The van der Waals surface area contributed by atoms with Gasteiger partial charge in [-0.15, -0.1) is 11.3 Å². The molecule has 2 aromatic heterocycles. The molecule has 0 fully saturated rings. The Hall–Kier alpha value is -1.88. The van der Waals surface area contributed by atoms with E-state index in [1.165, 1.54) is 18.4 Å². The van der Waals surface area contributed by atoms with Crippen LogP contribution in [0.25, 0.3) is 11.1 Å². The van der Waals surface area contributed by atoms with Gasteiger partial charge in [0.2, 0.25) is 0 Å². The van der Waals surface area contributed by atoms with E-state index in [1.807, 2.05) is 19.1 Å². The molecular weight excluding hydrogens is 236 g/mol. The van der Waals surface area contributed by atoms with Crippen LogP contribution in [-0.4, -0.2) is 18.1 Å². The van der Waals surface area contributed by atoms with Crippen LogP contribution in [0.2, 0.25) is 0 Å². The third-order valence-corrected chi connectivity index (χ3v) is 3.54. The molecule has 4 nitrogen and oxygen atoms in total. The minimum Gasteiger partial charge on any atom is -0.465 e. The number of rotatable bonds is 2. The van der Waals surface area contributed by atoms with Gasteiger partial charge >= 0.3 is 5.97 Å². The van der Waals surface area contributed by atoms with Gasteiger partial charge in [0.25, 0.3) is 0 Å². The van der Waals surface area contributed by atoms with Crippen LogP contribution in [0, 0.1) is 6.92 Å². The maximum atomic E-state index is 11.5. The lowest BCUT2D eigenvalue weighted by atomic mass is 10.1. The number of nitrogens with zero attached hydrogens (tertiary/aromatic N) is 1. The van der Waals surface area contributed by atoms with Gasteiger partial charge in [-0.05, 0) is 13.0 Å². The molecule has 2 N–H and O–H groups in total. The minimum absolute atomic E-state index is 0.397. The van der Waals surface area contributed by atoms with E-state index in [1.54, 1.807) is 12.4 Å². The fourth-order valence-electron chi connectivity index (χ4n) is 1.68. The van der Waals surface area contributed by atoms with Crippen molar-refractivity contribution in [1.82, 2.24) is 4.98 Å². The van der Waals surface area contributed by atoms with Crippen LogP contribution in [0.5, 0.6) is 0 Å². The summed E-state index contributed by atoms with van der Waals surface area (Å²) in [5.74, 6) is -0.397. The summed E-state index contributed by atoms with van der Waals surface area (Å²) < 4.78 is 4.70. The first-order valence-corrected chi connectivity index (χ1v) is 5.84. The summed E-state index contributed by atoms with van der Waals surface area (Å²) in [7, 11) is 1.35. The molecule has 0 bridgehead atoms. The molecule has 88 valence electrons. The number of methoxy groups -OCH3 is 1. The van der Waals surface area contributed by atoms with Gasteiger partial charge in [-0.3, -0.25) is 4.98 Å². The highest BCUT2D eigenvalue weighted by Crippen LogP contribution is 2.38. The second-order valence-electron chi connectivity index (χ2n) is 3.51. The second kappa shape index (κ2) is 4.55. The maximum absolute atomic E-state index is 11.5. The minimum atomic E-state index is -0.397. The zero-order valence-corrected chi connectivity index (χ0v) is 10.4. The molecule has 0 unspecified atom stereocenters. The fourth-order valence-corrected chi connectivity index (χ4v) is 2.69. The van der Waals surface area contributed by atoms with Gasteiger partial charge in [-0.1, -0.05) is 6.07 Å². The molecule has 0 amide bonds. The van der Waals surface area contributed by atoms with E-state index in [2.05, 4.69) is 4.98 Å². The van der Waals surface area contributed by atoms with E-state index < -0.39 is 5.97 Å². The summed E-state index contributed by atoms with van der Waals surface area (Å²) >= 11 is 1.34. The monoisotopic (exact) mass is 248 g/mol. The molecule has 2 heterocycles. The molecule has 0 atom stereocenters. The van der Waals surface area contributed by atoms with Crippen molar-refractivity contribution in [2.45, 2.75) is 6.92 Å². The Morgan fingerprint density at radius 3 is 2.88 bits per heavy atom. The molecule has 0 aromatic carbocycles. The topological polar surface area (TPSA) is 65.2 Å². The Kier molecular flexibility index (Phi) is 3.10. The largest absolute Gasteiger partial charge is 0.465 e. The number of thiophene rings is 1. The Bertz CT molecular complexity index is 549. The van der Waals surface area contributed by atoms with Crippen LogP contribution in [0.3, 0.4) is 0 Å². The third-order valence-electron chi connectivity index (χ3n) is 2.44. The Morgan fingerprint density at radius 2 is 2.29 bits per heavy atom. The normalized spacial score (nSPS) is 10.2. The van der Waals surface area contributed by atoms with E-state index in [0.717, 1.165) is 16.0 Å². The van der Waals surface area contributed by atoms with E-state index in [-0.39, 0.29) is 0 Å². The van der Waals surface area contributed by atoms with Crippen molar-refractivity contribution in [2.24, 2.45) is 0 Å². The molecule has 0 aliphatic carbocycles. The Balaban J connectivity index is 2.57. The average molecular weight is 248 g/mol. The van der Waals surface area contributed by atoms with Crippen LogP contribution in [0.4, 0.5) is 5.69 Å². The number of anilines is 1. The van der Waals surface area contributed by atoms with Crippen LogP contribution in [-0.2, 0) is 4.74 Å². The smallest absolute Gasteiger partial charge is 0.350 e. The molecule has 0 spiro atoms. The predicted octanol–water partition coefficient (Wildman–Crippen LogP) is 2.49. The second-order valence-corrected chi connectivity index (χ2v) is 4.73. The molecule has 0 radical (unpaired) electrons. The van der Waals surface area contributed by atoms with Crippen LogP contribution < -0.4 is 5.73 Å².